The summed E-state index contributed by atoms with van der Waals surface area (Å²) in [6.07, 6.45) is 4.85. The van der Waals surface area contributed by atoms with Gasteiger partial charge in [-0.1, -0.05) is 24.9 Å². The Morgan fingerprint density at radius 2 is 2.32 bits per heavy atom. The molecule has 4 heteroatoms. The van der Waals surface area contributed by atoms with Crippen LogP contribution in [-0.2, 0) is 6.54 Å². The largest absolute Gasteiger partial charge is 0.327 e. The zero-order valence-corrected chi connectivity index (χ0v) is 12.1. The number of halogens is 1. The SMILES string of the molecule is CCCn1c(C2CCCCN2)nc2ccc(Cl)cc21. The van der Waals surface area contributed by atoms with Gasteiger partial charge in [0.1, 0.15) is 5.82 Å². The standard InChI is InChI=1S/C15H20ClN3/c1-2-9-19-14-10-11(16)6-7-12(14)18-15(19)13-5-3-4-8-17-13/h6-7,10,13,17H,2-5,8-9H2,1H3. The predicted molar refractivity (Wildman–Crippen MR) is 79.6 cm³/mol. The molecule has 0 bridgehead atoms. The first-order chi connectivity index (χ1) is 9.29. The molecule has 1 saturated heterocycles. The molecule has 0 saturated carbocycles. The Labute approximate surface area is 119 Å². The van der Waals surface area contributed by atoms with E-state index in [9.17, 15) is 0 Å². The van der Waals surface area contributed by atoms with Crippen LogP contribution >= 0.6 is 11.6 Å². The Bertz CT molecular complexity index is 570. The second-order valence-corrected chi connectivity index (χ2v) is 5.69. The molecule has 19 heavy (non-hydrogen) atoms. The van der Waals surface area contributed by atoms with Crippen molar-refractivity contribution in [2.75, 3.05) is 6.54 Å². The molecule has 2 heterocycles. The van der Waals surface area contributed by atoms with Crippen molar-refractivity contribution in [3.63, 3.8) is 0 Å². The van der Waals surface area contributed by atoms with E-state index >= 15 is 0 Å². The molecule has 1 fully saturated rings. The third-order valence-corrected chi connectivity index (χ3v) is 4.04. The van der Waals surface area contributed by atoms with E-state index in [1.54, 1.807) is 0 Å². The molecule has 1 aromatic heterocycles. The number of imidazole rings is 1. The summed E-state index contributed by atoms with van der Waals surface area (Å²) < 4.78 is 2.34. The Morgan fingerprint density at radius 3 is 3.05 bits per heavy atom. The Kier molecular flexibility index (Phi) is 3.76. The minimum absolute atomic E-state index is 0.395. The lowest BCUT2D eigenvalue weighted by atomic mass is 10.0. The first-order valence-electron chi connectivity index (χ1n) is 7.18. The fourth-order valence-corrected chi connectivity index (χ4v) is 3.08. The van der Waals surface area contributed by atoms with Gasteiger partial charge in [0, 0.05) is 11.6 Å². The fraction of sp³-hybridized carbons (Fsp3) is 0.533. The topological polar surface area (TPSA) is 29.9 Å². The van der Waals surface area contributed by atoms with E-state index in [1.165, 1.54) is 25.1 Å². The molecule has 1 unspecified atom stereocenters. The molecule has 1 aliphatic heterocycles. The Hall–Kier alpha value is -1.06. The number of fused-ring (bicyclic) bond motifs is 1. The number of nitrogens with zero attached hydrogens (tertiary/aromatic N) is 2. The summed E-state index contributed by atoms with van der Waals surface area (Å²) in [4.78, 5) is 4.84. The molecule has 0 spiro atoms. The van der Waals surface area contributed by atoms with Crippen molar-refractivity contribution in [1.29, 1.82) is 0 Å². The van der Waals surface area contributed by atoms with Gasteiger partial charge in [0.2, 0.25) is 0 Å². The molecule has 0 amide bonds. The van der Waals surface area contributed by atoms with Crippen LogP contribution in [0, 0.1) is 0 Å². The molecule has 3 rings (SSSR count). The predicted octanol–water partition coefficient (Wildman–Crippen LogP) is 3.91. The van der Waals surface area contributed by atoms with E-state index in [-0.39, 0.29) is 0 Å². The van der Waals surface area contributed by atoms with Crippen LogP contribution in [0.4, 0.5) is 0 Å². The molecule has 1 N–H and O–H groups in total. The second-order valence-electron chi connectivity index (χ2n) is 5.26. The van der Waals surface area contributed by atoms with Crippen LogP contribution in [0.25, 0.3) is 11.0 Å². The highest BCUT2D eigenvalue weighted by molar-refractivity contribution is 6.31. The van der Waals surface area contributed by atoms with Crippen molar-refractivity contribution >= 4 is 22.6 Å². The Morgan fingerprint density at radius 1 is 1.42 bits per heavy atom. The third-order valence-electron chi connectivity index (χ3n) is 3.81. The molecular weight excluding hydrogens is 258 g/mol. The number of rotatable bonds is 3. The van der Waals surface area contributed by atoms with Crippen molar-refractivity contribution in [3.8, 4) is 0 Å². The van der Waals surface area contributed by atoms with E-state index in [2.05, 4.69) is 16.8 Å². The van der Waals surface area contributed by atoms with Gasteiger partial charge < -0.3 is 9.88 Å². The van der Waals surface area contributed by atoms with Crippen molar-refractivity contribution in [1.82, 2.24) is 14.9 Å². The lowest BCUT2D eigenvalue weighted by Crippen LogP contribution is -2.29. The van der Waals surface area contributed by atoms with Gasteiger partial charge in [-0.05, 0) is 44.0 Å². The maximum absolute atomic E-state index is 6.13. The number of benzene rings is 1. The van der Waals surface area contributed by atoms with Gasteiger partial charge in [-0.2, -0.15) is 0 Å². The smallest absolute Gasteiger partial charge is 0.127 e. The van der Waals surface area contributed by atoms with E-state index in [0.29, 0.717) is 6.04 Å². The van der Waals surface area contributed by atoms with Crippen molar-refractivity contribution in [2.45, 2.75) is 45.2 Å². The van der Waals surface area contributed by atoms with Gasteiger partial charge in [0.15, 0.2) is 0 Å². The van der Waals surface area contributed by atoms with Crippen molar-refractivity contribution < 1.29 is 0 Å². The third kappa shape index (κ3) is 2.49. The summed E-state index contributed by atoms with van der Waals surface area (Å²) in [5, 5.41) is 4.38. The molecule has 1 aromatic carbocycles. The quantitative estimate of drug-likeness (QED) is 0.922. The lowest BCUT2D eigenvalue weighted by Gasteiger charge is -2.23. The highest BCUT2D eigenvalue weighted by Crippen LogP contribution is 2.28. The van der Waals surface area contributed by atoms with E-state index in [1.807, 2.05) is 18.2 Å². The van der Waals surface area contributed by atoms with Crippen LogP contribution in [0.3, 0.4) is 0 Å². The molecule has 0 aliphatic carbocycles. The van der Waals surface area contributed by atoms with Crippen LogP contribution in [-0.4, -0.2) is 16.1 Å². The molecule has 102 valence electrons. The number of hydrogen-bond acceptors (Lipinski definition) is 2. The minimum atomic E-state index is 0.395. The maximum Gasteiger partial charge on any atom is 0.127 e. The number of aromatic nitrogens is 2. The van der Waals surface area contributed by atoms with Gasteiger partial charge in [-0.3, -0.25) is 0 Å². The zero-order valence-electron chi connectivity index (χ0n) is 11.3. The second kappa shape index (κ2) is 5.51. The Balaban J connectivity index is 2.08. The van der Waals surface area contributed by atoms with E-state index in [4.69, 9.17) is 16.6 Å². The highest BCUT2D eigenvalue weighted by Gasteiger charge is 2.21. The minimum Gasteiger partial charge on any atom is -0.327 e. The summed E-state index contributed by atoms with van der Waals surface area (Å²) >= 11 is 6.13. The molecule has 2 aromatic rings. The number of piperidine rings is 1. The highest BCUT2D eigenvalue weighted by atomic mass is 35.5. The van der Waals surface area contributed by atoms with Crippen LogP contribution in [0.1, 0.15) is 44.5 Å². The molecule has 0 radical (unpaired) electrons. The average Bonchev–Trinajstić information content (AvgIpc) is 2.79. The summed E-state index contributed by atoms with van der Waals surface area (Å²) in [6, 6.07) is 6.37. The molecule has 3 nitrogen and oxygen atoms in total. The van der Waals surface area contributed by atoms with Gasteiger partial charge in [0.05, 0.1) is 17.1 Å². The van der Waals surface area contributed by atoms with Gasteiger partial charge >= 0.3 is 0 Å². The van der Waals surface area contributed by atoms with Crippen molar-refractivity contribution in [3.05, 3.63) is 29.0 Å². The monoisotopic (exact) mass is 277 g/mol. The first-order valence-corrected chi connectivity index (χ1v) is 7.56. The van der Waals surface area contributed by atoms with Crippen LogP contribution in [0.2, 0.25) is 5.02 Å². The zero-order chi connectivity index (χ0) is 13.2. The summed E-state index contributed by atoms with van der Waals surface area (Å²) in [7, 11) is 0. The molecule has 1 aliphatic rings. The van der Waals surface area contributed by atoms with Crippen LogP contribution in [0.5, 0.6) is 0 Å². The van der Waals surface area contributed by atoms with E-state index in [0.717, 1.165) is 35.6 Å². The molecular formula is C15H20ClN3. The van der Waals surface area contributed by atoms with Crippen molar-refractivity contribution in [2.24, 2.45) is 0 Å². The normalized spacial score (nSPS) is 20.0. The van der Waals surface area contributed by atoms with E-state index < -0.39 is 0 Å². The number of nitrogens with one attached hydrogen (secondary N) is 1. The molecule has 1 atom stereocenters. The van der Waals surface area contributed by atoms with Gasteiger partial charge in [-0.15, -0.1) is 0 Å². The fourth-order valence-electron chi connectivity index (χ4n) is 2.91. The summed E-state index contributed by atoms with van der Waals surface area (Å²) in [6.45, 7) is 4.31. The lowest BCUT2D eigenvalue weighted by molar-refractivity contribution is 0.386. The summed E-state index contributed by atoms with van der Waals surface area (Å²) in [5.41, 5.74) is 2.22. The average molecular weight is 278 g/mol. The first kappa shape index (κ1) is 12.9. The van der Waals surface area contributed by atoms with Crippen LogP contribution in [0.15, 0.2) is 18.2 Å². The van der Waals surface area contributed by atoms with Gasteiger partial charge in [0.25, 0.3) is 0 Å². The number of hydrogen-bond donors (Lipinski definition) is 1. The van der Waals surface area contributed by atoms with Gasteiger partial charge in [-0.25, -0.2) is 4.98 Å². The summed E-state index contributed by atoms with van der Waals surface area (Å²) in [5.74, 6) is 1.18. The number of aryl methyl sites for hydroxylation is 1. The van der Waals surface area contributed by atoms with Crippen LogP contribution < -0.4 is 5.32 Å². The maximum atomic E-state index is 6.13.